The van der Waals surface area contributed by atoms with Crippen LogP contribution in [0.1, 0.15) is 23.5 Å². The molecule has 2 N–H and O–H groups in total. The lowest BCUT2D eigenvalue weighted by molar-refractivity contribution is 0.690. The van der Waals surface area contributed by atoms with Gasteiger partial charge in [0.2, 0.25) is 0 Å². The summed E-state index contributed by atoms with van der Waals surface area (Å²) in [4.78, 5) is 5.59. The first-order chi connectivity index (χ1) is 9.70. The molecule has 20 heavy (non-hydrogen) atoms. The molecule has 2 heterocycles. The van der Waals surface area contributed by atoms with Crippen molar-refractivity contribution in [3.8, 4) is 0 Å². The summed E-state index contributed by atoms with van der Waals surface area (Å²) in [6, 6.07) is 4.24. The number of nitrogens with one attached hydrogen (secondary N) is 2. The zero-order valence-corrected chi connectivity index (χ0v) is 12.8. The van der Waals surface area contributed by atoms with Crippen molar-refractivity contribution in [2.45, 2.75) is 19.4 Å². The molecular formula is C13H20N6S. The van der Waals surface area contributed by atoms with Crippen molar-refractivity contribution in [1.82, 2.24) is 25.4 Å². The van der Waals surface area contributed by atoms with Crippen molar-refractivity contribution in [3.63, 3.8) is 0 Å². The van der Waals surface area contributed by atoms with Crippen LogP contribution in [-0.4, -0.2) is 34.3 Å². The van der Waals surface area contributed by atoms with Crippen LogP contribution in [-0.2, 0) is 13.6 Å². The number of aromatic nitrogens is 3. The summed E-state index contributed by atoms with van der Waals surface area (Å²) < 4.78 is 1.88. The van der Waals surface area contributed by atoms with Crippen LogP contribution >= 0.6 is 11.3 Å². The average Bonchev–Trinajstić information content (AvgIpc) is 3.10. The Balaban J connectivity index is 1.80. The Bertz CT molecular complexity index is 545. The first-order valence-corrected chi connectivity index (χ1v) is 7.39. The number of aliphatic imine (C=N–C) groups is 1. The van der Waals surface area contributed by atoms with Crippen LogP contribution in [0.15, 0.2) is 28.8 Å². The maximum atomic E-state index is 4.21. The third kappa shape index (κ3) is 3.80. The standard InChI is InChI=1S/C13H20N6S/c1-10(11-5-4-6-20-11)7-15-13(14-2)16-8-12-18-17-9-19(12)3/h4-6,9-10H,7-8H2,1-3H3,(H2,14,15,16). The lowest BCUT2D eigenvalue weighted by Crippen LogP contribution is -2.39. The predicted octanol–water partition coefficient (Wildman–Crippen LogP) is 1.35. The Kier molecular flexibility index (Phi) is 5.11. The van der Waals surface area contributed by atoms with E-state index in [-0.39, 0.29) is 0 Å². The largest absolute Gasteiger partial charge is 0.356 e. The highest BCUT2D eigenvalue weighted by atomic mass is 32.1. The molecule has 108 valence electrons. The number of hydrogen-bond acceptors (Lipinski definition) is 4. The van der Waals surface area contributed by atoms with E-state index in [9.17, 15) is 0 Å². The van der Waals surface area contributed by atoms with Crippen molar-refractivity contribution < 1.29 is 0 Å². The molecule has 0 spiro atoms. The summed E-state index contributed by atoms with van der Waals surface area (Å²) in [6.45, 7) is 3.65. The van der Waals surface area contributed by atoms with Crippen LogP contribution in [0.25, 0.3) is 0 Å². The van der Waals surface area contributed by atoms with E-state index >= 15 is 0 Å². The number of hydrogen-bond donors (Lipinski definition) is 2. The molecule has 1 unspecified atom stereocenters. The minimum Gasteiger partial charge on any atom is -0.356 e. The first kappa shape index (κ1) is 14.5. The lowest BCUT2D eigenvalue weighted by atomic mass is 10.1. The van der Waals surface area contributed by atoms with Gasteiger partial charge in [-0.25, -0.2) is 0 Å². The van der Waals surface area contributed by atoms with Gasteiger partial charge in [0.1, 0.15) is 6.33 Å². The number of rotatable bonds is 5. The molecule has 0 aliphatic heterocycles. The Labute approximate surface area is 123 Å². The van der Waals surface area contributed by atoms with Gasteiger partial charge in [-0.3, -0.25) is 4.99 Å². The van der Waals surface area contributed by atoms with E-state index in [1.165, 1.54) is 4.88 Å². The van der Waals surface area contributed by atoms with E-state index in [0.29, 0.717) is 12.5 Å². The van der Waals surface area contributed by atoms with Crippen LogP contribution in [0.3, 0.4) is 0 Å². The van der Waals surface area contributed by atoms with E-state index in [1.54, 1.807) is 24.7 Å². The van der Waals surface area contributed by atoms with Crippen molar-refractivity contribution >= 4 is 17.3 Å². The topological polar surface area (TPSA) is 67.1 Å². The maximum Gasteiger partial charge on any atom is 0.191 e. The number of thiophene rings is 1. The van der Waals surface area contributed by atoms with Crippen LogP contribution < -0.4 is 10.6 Å². The highest BCUT2D eigenvalue weighted by Crippen LogP contribution is 2.19. The molecule has 6 nitrogen and oxygen atoms in total. The minimum atomic E-state index is 0.461. The molecule has 0 radical (unpaired) electrons. The molecule has 0 fully saturated rings. The first-order valence-electron chi connectivity index (χ1n) is 6.51. The molecule has 2 rings (SSSR count). The molecule has 0 saturated carbocycles. The molecule has 0 aliphatic rings. The van der Waals surface area contributed by atoms with Gasteiger partial charge >= 0.3 is 0 Å². The highest BCUT2D eigenvalue weighted by molar-refractivity contribution is 7.10. The summed E-state index contributed by atoms with van der Waals surface area (Å²) in [5, 5.41) is 16.5. The Morgan fingerprint density at radius 1 is 1.50 bits per heavy atom. The fraction of sp³-hybridized carbons (Fsp3) is 0.462. The van der Waals surface area contributed by atoms with Crippen LogP contribution in [0.4, 0.5) is 0 Å². The second-order valence-corrected chi connectivity index (χ2v) is 5.56. The van der Waals surface area contributed by atoms with E-state index in [4.69, 9.17) is 0 Å². The van der Waals surface area contributed by atoms with Crippen molar-refractivity contribution in [1.29, 1.82) is 0 Å². The van der Waals surface area contributed by atoms with Crippen molar-refractivity contribution in [2.24, 2.45) is 12.0 Å². The Morgan fingerprint density at radius 3 is 2.95 bits per heavy atom. The Morgan fingerprint density at radius 2 is 2.35 bits per heavy atom. The summed E-state index contributed by atoms with van der Waals surface area (Å²) in [5.74, 6) is 2.11. The van der Waals surface area contributed by atoms with Crippen LogP contribution in [0.2, 0.25) is 0 Å². The minimum absolute atomic E-state index is 0.461. The van der Waals surface area contributed by atoms with Gasteiger partial charge in [-0.2, -0.15) is 0 Å². The van der Waals surface area contributed by atoms with Crippen molar-refractivity contribution in [2.75, 3.05) is 13.6 Å². The number of nitrogens with zero attached hydrogens (tertiary/aromatic N) is 4. The molecular weight excluding hydrogens is 272 g/mol. The molecule has 2 aromatic heterocycles. The summed E-state index contributed by atoms with van der Waals surface area (Å²) in [7, 11) is 3.69. The predicted molar refractivity (Wildman–Crippen MR) is 81.9 cm³/mol. The molecule has 0 saturated heterocycles. The zero-order chi connectivity index (χ0) is 14.4. The average molecular weight is 292 g/mol. The van der Waals surface area contributed by atoms with Gasteiger partial charge in [0.05, 0.1) is 6.54 Å². The third-order valence-electron chi connectivity index (χ3n) is 3.05. The van der Waals surface area contributed by atoms with Gasteiger partial charge in [-0.1, -0.05) is 13.0 Å². The number of guanidine groups is 1. The monoisotopic (exact) mass is 292 g/mol. The quantitative estimate of drug-likeness (QED) is 0.645. The fourth-order valence-corrected chi connectivity index (χ4v) is 2.56. The lowest BCUT2D eigenvalue weighted by Gasteiger charge is -2.14. The zero-order valence-electron chi connectivity index (χ0n) is 12.0. The number of aryl methyl sites for hydroxylation is 1. The third-order valence-corrected chi connectivity index (χ3v) is 4.15. The summed E-state index contributed by atoms with van der Waals surface area (Å²) in [6.07, 6.45) is 1.69. The van der Waals surface area contributed by atoms with Gasteiger partial charge in [0.15, 0.2) is 11.8 Å². The SMILES string of the molecule is CN=C(NCc1nncn1C)NCC(C)c1cccs1. The highest BCUT2D eigenvalue weighted by Gasteiger charge is 2.08. The molecule has 0 amide bonds. The molecule has 0 bridgehead atoms. The van der Waals surface area contributed by atoms with Gasteiger partial charge in [0.25, 0.3) is 0 Å². The van der Waals surface area contributed by atoms with Gasteiger partial charge in [-0.05, 0) is 11.4 Å². The summed E-state index contributed by atoms with van der Waals surface area (Å²) in [5.41, 5.74) is 0. The molecule has 2 aromatic rings. The van der Waals surface area contributed by atoms with E-state index < -0.39 is 0 Å². The fourth-order valence-electron chi connectivity index (χ4n) is 1.77. The van der Waals surface area contributed by atoms with Gasteiger partial charge in [0, 0.05) is 31.4 Å². The maximum absolute atomic E-state index is 4.21. The van der Waals surface area contributed by atoms with Crippen molar-refractivity contribution in [3.05, 3.63) is 34.5 Å². The molecule has 0 aromatic carbocycles. The smallest absolute Gasteiger partial charge is 0.191 e. The second-order valence-electron chi connectivity index (χ2n) is 4.58. The van der Waals surface area contributed by atoms with Gasteiger partial charge in [-0.15, -0.1) is 21.5 Å². The summed E-state index contributed by atoms with van der Waals surface area (Å²) >= 11 is 1.78. The molecule has 0 aliphatic carbocycles. The second kappa shape index (κ2) is 7.04. The van der Waals surface area contributed by atoms with E-state index in [1.807, 2.05) is 11.6 Å². The van der Waals surface area contributed by atoms with E-state index in [0.717, 1.165) is 18.3 Å². The molecule has 1 atom stereocenters. The normalized spacial score (nSPS) is 13.2. The van der Waals surface area contributed by atoms with Gasteiger partial charge < -0.3 is 15.2 Å². The van der Waals surface area contributed by atoms with E-state index in [2.05, 4.69) is 50.3 Å². The van der Waals surface area contributed by atoms with Crippen LogP contribution in [0.5, 0.6) is 0 Å². The molecule has 7 heteroatoms. The Hall–Kier alpha value is -1.89. The van der Waals surface area contributed by atoms with Crippen LogP contribution in [0, 0.1) is 0 Å².